The maximum absolute atomic E-state index is 14.3. The molecule has 8 nitrogen and oxygen atoms in total. The Morgan fingerprint density at radius 3 is 2.48 bits per heavy atom. The minimum absolute atomic E-state index is 0.0107. The summed E-state index contributed by atoms with van der Waals surface area (Å²) >= 11 is 0. The summed E-state index contributed by atoms with van der Waals surface area (Å²) in [7, 11) is 0. The van der Waals surface area contributed by atoms with Crippen LogP contribution >= 0.6 is 0 Å². The number of nitrogens with one attached hydrogen (secondary N) is 1. The minimum Gasteiger partial charge on any atom is -0.295 e. The number of amides is 1. The number of nitrogens with zero attached hydrogens (tertiary/aromatic N) is 5. The molecule has 0 radical (unpaired) electrons. The average molecular weight is 428 g/mol. The van der Waals surface area contributed by atoms with Gasteiger partial charge in [0.15, 0.2) is 23.3 Å². The third-order valence-corrected chi connectivity index (χ3v) is 5.10. The van der Waals surface area contributed by atoms with E-state index in [0.717, 1.165) is 29.5 Å². The summed E-state index contributed by atoms with van der Waals surface area (Å²) < 4.78 is 29.6. The van der Waals surface area contributed by atoms with Gasteiger partial charge in [0.1, 0.15) is 0 Å². The number of carbonyl (C=O) groups excluding carboxylic acids is 1. The van der Waals surface area contributed by atoms with E-state index in [0.29, 0.717) is 18.7 Å². The highest BCUT2D eigenvalue weighted by atomic mass is 19.2. The van der Waals surface area contributed by atoms with E-state index in [2.05, 4.69) is 15.2 Å². The molecule has 0 atom stereocenters. The fourth-order valence-corrected chi connectivity index (χ4v) is 3.87. The number of aromatic nitrogens is 4. The van der Waals surface area contributed by atoms with Gasteiger partial charge >= 0.3 is 5.69 Å². The van der Waals surface area contributed by atoms with Crippen LogP contribution in [0.15, 0.2) is 35.3 Å². The number of fused-ring (bicyclic) bond motifs is 5. The molecule has 0 saturated heterocycles. The molecule has 1 aromatic carbocycles. The predicted molar refractivity (Wildman–Crippen MR) is 111 cm³/mol. The van der Waals surface area contributed by atoms with Gasteiger partial charge in [-0.05, 0) is 38.1 Å². The summed E-state index contributed by atoms with van der Waals surface area (Å²) in [6.45, 7) is 5.54. The van der Waals surface area contributed by atoms with Gasteiger partial charge in [0.2, 0.25) is 5.91 Å². The zero-order valence-electron chi connectivity index (χ0n) is 17.2. The van der Waals surface area contributed by atoms with Crippen molar-refractivity contribution < 1.29 is 13.6 Å². The van der Waals surface area contributed by atoms with E-state index >= 15 is 0 Å². The fraction of sp³-hybridized carbons (Fsp3) is 0.333. The lowest BCUT2D eigenvalue weighted by Gasteiger charge is -2.27. The monoisotopic (exact) mass is 428 g/mol. The summed E-state index contributed by atoms with van der Waals surface area (Å²) in [5.74, 6) is -2.27. The number of benzene rings is 1. The molecule has 10 heteroatoms. The van der Waals surface area contributed by atoms with Gasteiger partial charge in [-0.25, -0.2) is 28.2 Å². The van der Waals surface area contributed by atoms with E-state index in [1.165, 1.54) is 11.1 Å². The van der Waals surface area contributed by atoms with Crippen LogP contribution in [0.4, 0.5) is 20.3 Å². The number of aromatic amines is 1. The SMILES string of the molecule is CCCN(CCC)CC(=O)N1c2cc(F)c(F)cc2-n2c(n[nH]c2=O)-c2cccnc21. The highest BCUT2D eigenvalue weighted by molar-refractivity contribution is 6.06. The Bertz CT molecular complexity index is 1180. The van der Waals surface area contributed by atoms with Crippen LogP contribution in [0, 0.1) is 11.6 Å². The number of pyridine rings is 1. The van der Waals surface area contributed by atoms with Crippen LogP contribution in [-0.4, -0.2) is 50.2 Å². The predicted octanol–water partition coefficient (Wildman–Crippen LogP) is 3.00. The van der Waals surface area contributed by atoms with Gasteiger partial charge in [0.05, 0.1) is 23.5 Å². The second kappa shape index (κ2) is 8.38. The molecular weight excluding hydrogens is 406 g/mol. The molecule has 1 aliphatic rings. The van der Waals surface area contributed by atoms with Crippen LogP contribution < -0.4 is 10.6 Å². The number of hydrogen-bond acceptors (Lipinski definition) is 5. The molecule has 0 aliphatic carbocycles. The van der Waals surface area contributed by atoms with Gasteiger partial charge in [0, 0.05) is 18.3 Å². The zero-order valence-corrected chi connectivity index (χ0v) is 17.2. The Morgan fingerprint density at radius 2 is 1.81 bits per heavy atom. The lowest BCUT2D eigenvalue weighted by atomic mass is 10.2. The van der Waals surface area contributed by atoms with Crippen molar-refractivity contribution in [2.24, 2.45) is 0 Å². The molecule has 1 amide bonds. The van der Waals surface area contributed by atoms with Crippen molar-refractivity contribution in [2.45, 2.75) is 26.7 Å². The van der Waals surface area contributed by atoms with Crippen molar-refractivity contribution in [2.75, 3.05) is 24.5 Å². The van der Waals surface area contributed by atoms with Crippen LogP contribution in [0.5, 0.6) is 0 Å². The topological polar surface area (TPSA) is 87.1 Å². The molecule has 1 aliphatic heterocycles. The maximum Gasteiger partial charge on any atom is 0.348 e. The second-order valence-corrected chi connectivity index (χ2v) is 7.32. The number of anilines is 2. The van der Waals surface area contributed by atoms with Gasteiger partial charge in [-0.3, -0.25) is 14.6 Å². The number of rotatable bonds is 6. The Kier molecular flexibility index (Phi) is 5.64. The van der Waals surface area contributed by atoms with E-state index in [-0.39, 0.29) is 35.5 Å². The summed E-state index contributed by atoms with van der Waals surface area (Å²) in [6, 6.07) is 5.11. The summed E-state index contributed by atoms with van der Waals surface area (Å²) in [5, 5.41) is 6.38. The minimum atomic E-state index is -1.14. The standard InChI is InChI=1S/C21H22F2N6O2/c1-3-8-27(9-4-2)12-18(30)28-16-10-14(22)15(23)11-17(16)29-20(25-26-21(29)31)13-6-5-7-24-19(13)28/h5-7,10-11H,3-4,8-9,12H2,1-2H3,(H,26,31). The number of hydrogen-bond donors (Lipinski definition) is 1. The Labute approximate surface area is 177 Å². The zero-order chi connectivity index (χ0) is 22.1. The van der Waals surface area contributed by atoms with Crippen LogP contribution in [-0.2, 0) is 4.79 Å². The van der Waals surface area contributed by atoms with Gasteiger partial charge in [0.25, 0.3) is 0 Å². The number of halogens is 2. The molecule has 0 spiro atoms. The van der Waals surface area contributed by atoms with E-state index < -0.39 is 17.3 Å². The second-order valence-electron chi connectivity index (χ2n) is 7.32. The normalized spacial score (nSPS) is 12.4. The van der Waals surface area contributed by atoms with E-state index in [4.69, 9.17) is 0 Å². The van der Waals surface area contributed by atoms with Crippen LogP contribution in [0.25, 0.3) is 17.1 Å². The first-order valence-electron chi connectivity index (χ1n) is 10.1. The van der Waals surface area contributed by atoms with Crippen molar-refractivity contribution in [3.05, 3.63) is 52.6 Å². The van der Waals surface area contributed by atoms with E-state index in [1.54, 1.807) is 12.1 Å². The highest BCUT2D eigenvalue weighted by Gasteiger charge is 2.33. The first-order chi connectivity index (χ1) is 15.0. The average Bonchev–Trinajstić information content (AvgIpc) is 3.07. The van der Waals surface area contributed by atoms with Crippen LogP contribution in [0.3, 0.4) is 0 Å². The molecule has 2 aromatic heterocycles. The number of H-pyrrole nitrogens is 1. The fourth-order valence-electron chi connectivity index (χ4n) is 3.87. The molecule has 0 unspecified atom stereocenters. The number of carbonyl (C=O) groups is 1. The summed E-state index contributed by atoms with van der Waals surface area (Å²) in [4.78, 5) is 33.6. The quantitative estimate of drug-likeness (QED) is 0.652. The molecule has 3 heterocycles. The molecule has 0 bridgehead atoms. The van der Waals surface area contributed by atoms with Gasteiger partial charge in [-0.2, -0.15) is 5.10 Å². The molecule has 3 aromatic rings. The van der Waals surface area contributed by atoms with Gasteiger partial charge in [-0.15, -0.1) is 0 Å². The first kappa shape index (κ1) is 20.9. The lowest BCUT2D eigenvalue weighted by molar-refractivity contribution is -0.119. The Morgan fingerprint density at radius 1 is 1.13 bits per heavy atom. The third-order valence-electron chi connectivity index (χ3n) is 5.10. The van der Waals surface area contributed by atoms with Crippen LogP contribution in [0.1, 0.15) is 26.7 Å². The Balaban J connectivity index is 1.94. The van der Waals surface area contributed by atoms with Crippen molar-refractivity contribution in [3.63, 3.8) is 0 Å². The smallest absolute Gasteiger partial charge is 0.295 e. The van der Waals surface area contributed by atoms with Gasteiger partial charge in [-0.1, -0.05) is 13.8 Å². The van der Waals surface area contributed by atoms with Gasteiger partial charge < -0.3 is 0 Å². The maximum atomic E-state index is 14.3. The largest absolute Gasteiger partial charge is 0.348 e. The molecule has 0 fully saturated rings. The summed E-state index contributed by atoms with van der Waals surface area (Å²) in [5.41, 5.74) is -0.204. The van der Waals surface area contributed by atoms with Crippen molar-refractivity contribution in [3.8, 4) is 17.1 Å². The van der Waals surface area contributed by atoms with E-state index in [9.17, 15) is 18.4 Å². The molecule has 0 saturated carbocycles. The molecule has 162 valence electrons. The van der Waals surface area contributed by atoms with E-state index in [1.807, 2.05) is 18.7 Å². The van der Waals surface area contributed by atoms with Crippen molar-refractivity contribution in [1.29, 1.82) is 0 Å². The molecular formula is C21H22F2N6O2. The lowest BCUT2D eigenvalue weighted by Crippen LogP contribution is -2.39. The molecule has 4 rings (SSSR count). The molecule has 31 heavy (non-hydrogen) atoms. The Hall–Kier alpha value is -3.40. The summed E-state index contributed by atoms with van der Waals surface area (Å²) in [6.07, 6.45) is 3.22. The third kappa shape index (κ3) is 3.63. The highest BCUT2D eigenvalue weighted by Crippen LogP contribution is 2.40. The van der Waals surface area contributed by atoms with Crippen LogP contribution in [0.2, 0.25) is 0 Å². The first-order valence-corrected chi connectivity index (χ1v) is 10.1. The molecule has 1 N–H and O–H groups in total. The van der Waals surface area contributed by atoms with Crippen molar-refractivity contribution >= 4 is 17.4 Å². The van der Waals surface area contributed by atoms with Crippen molar-refractivity contribution in [1.82, 2.24) is 24.6 Å².